The third kappa shape index (κ3) is 2.56. The molecule has 1 N–H and O–H groups in total. The molecule has 20 heavy (non-hydrogen) atoms. The van der Waals surface area contributed by atoms with Crippen molar-refractivity contribution in [1.82, 2.24) is 9.38 Å². The lowest BCUT2D eigenvalue weighted by Crippen LogP contribution is -2.03. The Morgan fingerprint density at radius 2 is 1.95 bits per heavy atom. The Morgan fingerprint density at radius 3 is 2.65 bits per heavy atom. The quantitative estimate of drug-likeness (QED) is 0.775. The Kier molecular flexibility index (Phi) is 3.49. The molecule has 3 rings (SSSR count). The fraction of sp³-hybridized carbons (Fsp3) is 0.188. The molecule has 0 saturated carbocycles. The van der Waals surface area contributed by atoms with Gasteiger partial charge < -0.3 is 9.72 Å². The molecule has 0 aliphatic rings. The van der Waals surface area contributed by atoms with E-state index in [0.717, 1.165) is 22.4 Å². The summed E-state index contributed by atoms with van der Waals surface area (Å²) in [6, 6.07) is 10.3. The van der Waals surface area contributed by atoms with Crippen LogP contribution in [0.5, 0.6) is 0 Å². The number of fused-ring (bicyclic) bond motifs is 1. The Balaban J connectivity index is 1.83. The van der Waals surface area contributed by atoms with Crippen LogP contribution in [0.25, 0.3) is 5.65 Å². The molecule has 0 amide bonds. The van der Waals surface area contributed by atoms with Crippen molar-refractivity contribution in [2.75, 3.05) is 5.32 Å². The zero-order valence-electron chi connectivity index (χ0n) is 11.5. The average Bonchev–Trinajstić information content (AvgIpc) is 2.80. The number of aromatic nitrogens is 2. The van der Waals surface area contributed by atoms with E-state index in [1.54, 1.807) is 0 Å². The summed E-state index contributed by atoms with van der Waals surface area (Å²) in [6.07, 6.45) is 4.08. The number of rotatable bonds is 3. The monoisotopic (exact) mass is 329 g/mol. The number of anilines is 1. The lowest BCUT2D eigenvalue weighted by atomic mass is 10.1. The molecule has 3 nitrogen and oxygen atoms in total. The first-order valence-corrected chi connectivity index (χ1v) is 7.36. The van der Waals surface area contributed by atoms with E-state index in [0.29, 0.717) is 0 Å². The second-order valence-electron chi connectivity index (χ2n) is 4.97. The lowest BCUT2D eigenvalue weighted by Gasteiger charge is -2.12. The molecule has 3 aromatic rings. The lowest BCUT2D eigenvalue weighted by molar-refractivity contribution is 1.07. The second-order valence-corrected chi connectivity index (χ2v) is 5.88. The standard InChI is InChI=1S/C16H16BrN3/c1-11-7-13(17)8-12(2)16(11)18-9-14-10-20-6-4-3-5-15(20)19-14/h3-8,10,18H,9H2,1-2H3. The van der Waals surface area contributed by atoms with E-state index in [9.17, 15) is 0 Å². The molecular weight excluding hydrogens is 314 g/mol. The molecule has 0 unspecified atom stereocenters. The van der Waals surface area contributed by atoms with E-state index in [-0.39, 0.29) is 0 Å². The van der Waals surface area contributed by atoms with Gasteiger partial charge in [-0.15, -0.1) is 0 Å². The third-order valence-electron chi connectivity index (χ3n) is 3.36. The molecule has 0 radical (unpaired) electrons. The number of halogens is 1. The molecular formula is C16H16BrN3. The van der Waals surface area contributed by atoms with Crippen LogP contribution in [0.1, 0.15) is 16.8 Å². The highest BCUT2D eigenvalue weighted by Gasteiger charge is 2.06. The van der Waals surface area contributed by atoms with Crippen molar-refractivity contribution in [3.8, 4) is 0 Å². The normalized spacial score (nSPS) is 10.9. The summed E-state index contributed by atoms with van der Waals surface area (Å²) in [5, 5.41) is 3.49. The van der Waals surface area contributed by atoms with Gasteiger partial charge in [-0.1, -0.05) is 22.0 Å². The van der Waals surface area contributed by atoms with Crippen molar-refractivity contribution in [2.45, 2.75) is 20.4 Å². The second kappa shape index (κ2) is 5.29. The minimum absolute atomic E-state index is 0.727. The van der Waals surface area contributed by atoms with Crippen molar-refractivity contribution < 1.29 is 0 Å². The van der Waals surface area contributed by atoms with Crippen molar-refractivity contribution in [3.05, 3.63) is 64.0 Å². The first-order valence-electron chi connectivity index (χ1n) is 6.57. The molecule has 0 aliphatic carbocycles. The largest absolute Gasteiger partial charge is 0.379 e. The molecule has 2 heterocycles. The molecule has 0 spiro atoms. The zero-order valence-corrected chi connectivity index (χ0v) is 13.1. The molecule has 0 atom stereocenters. The highest BCUT2D eigenvalue weighted by atomic mass is 79.9. The van der Waals surface area contributed by atoms with Gasteiger partial charge in [0.25, 0.3) is 0 Å². The average molecular weight is 330 g/mol. The zero-order chi connectivity index (χ0) is 14.1. The molecule has 102 valence electrons. The van der Waals surface area contributed by atoms with Gasteiger partial charge in [0.15, 0.2) is 0 Å². The molecule has 0 aliphatic heterocycles. The van der Waals surface area contributed by atoms with Crippen LogP contribution in [0, 0.1) is 13.8 Å². The summed E-state index contributed by atoms with van der Waals surface area (Å²) in [5.74, 6) is 0. The van der Waals surface area contributed by atoms with Gasteiger partial charge in [-0.25, -0.2) is 4.98 Å². The first kappa shape index (κ1) is 13.2. The van der Waals surface area contributed by atoms with Crippen LogP contribution < -0.4 is 5.32 Å². The summed E-state index contributed by atoms with van der Waals surface area (Å²) in [4.78, 5) is 4.60. The van der Waals surface area contributed by atoms with Crippen LogP contribution in [0.2, 0.25) is 0 Å². The van der Waals surface area contributed by atoms with E-state index in [2.05, 4.69) is 58.4 Å². The van der Waals surface area contributed by atoms with E-state index < -0.39 is 0 Å². The fourth-order valence-corrected chi connectivity index (χ4v) is 3.13. The predicted octanol–water partition coefficient (Wildman–Crippen LogP) is 4.33. The summed E-state index contributed by atoms with van der Waals surface area (Å²) in [6.45, 7) is 4.96. The smallest absolute Gasteiger partial charge is 0.137 e. The SMILES string of the molecule is Cc1cc(Br)cc(C)c1NCc1cn2ccccc2n1. The summed E-state index contributed by atoms with van der Waals surface area (Å²) in [7, 11) is 0. The maximum absolute atomic E-state index is 4.60. The topological polar surface area (TPSA) is 29.3 Å². The number of hydrogen-bond acceptors (Lipinski definition) is 2. The van der Waals surface area contributed by atoms with Crippen molar-refractivity contribution in [2.24, 2.45) is 0 Å². The van der Waals surface area contributed by atoms with Crippen molar-refractivity contribution >= 4 is 27.3 Å². The minimum atomic E-state index is 0.727. The minimum Gasteiger partial charge on any atom is -0.379 e. The molecule has 4 heteroatoms. The molecule has 0 saturated heterocycles. The van der Waals surface area contributed by atoms with Crippen LogP contribution >= 0.6 is 15.9 Å². The van der Waals surface area contributed by atoms with Gasteiger partial charge in [-0.05, 0) is 49.2 Å². The number of hydrogen-bond donors (Lipinski definition) is 1. The number of nitrogens with zero attached hydrogens (tertiary/aromatic N) is 2. The van der Waals surface area contributed by atoms with Gasteiger partial charge in [0, 0.05) is 22.6 Å². The molecule has 0 bridgehead atoms. The Bertz CT molecular complexity index is 705. The Hall–Kier alpha value is -1.81. The summed E-state index contributed by atoms with van der Waals surface area (Å²) in [5.41, 5.74) is 5.68. The van der Waals surface area contributed by atoms with Crippen molar-refractivity contribution in [3.63, 3.8) is 0 Å². The number of imidazole rings is 1. The van der Waals surface area contributed by atoms with Gasteiger partial charge in [-0.2, -0.15) is 0 Å². The number of benzene rings is 1. The highest BCUT2D eigenvalue weighted by Crippen LogP contribution is 2.25. The number of aryl methyl sites for hydroxylation is 2. The molecule has 2 aromatic heterocycles. The first-order chi connectivity index (χ1) is 9.63. The maximum atomic E-state index is 4.60. The Morgan fingerprint density at radius 1 is 1.20 bits per heavy atom. The van der Waals surface area contributed by atoms with Gasteiger partial charge in [0.05, 0.1) is 12.2 Å². The van der Waals surface area contributed by atoms with Crippen LogP contribution in [0.3, 0.4) is 0 Å². The van der Waals surface area contributed by atoms with Gasteiger partial charge in [0.2, 0.25) is 0 Å². The predicted molar refractivity (Wildman–Crippen MR) is 86.1 cm³/mol. The fourth-order valence-electron chi connectivity index (χ4n) is 2.44. The van der Waals surface area contributed by atoms with Crippen LogP contribution in [-0.2, 0) is 6.54 Å². The van der Waals surface area contributed by atoms with Gasteiger partial charge in [-0.3, -0.25) is 0 Å². The van der Waals surface area contributed by atoms with Crippen LogP contribution in [-0.4, -0.2) is 9.38 Å². The van der Waals surface area contributed by atoms with Crippen LogP contribution in [0.15, 0.2) is 47.2 Å². The molecule has 1 aromatic carbocycles. The van der Waals surface area contributed by atoms with E-state index in [1.807, 2.05) is 28.8 Å². The highest BCUT2D eigenvalue weighted by molar-refractivity contribution is 9.10. The van der Waals surface area contributed by atoms with Crippen molar-refractivity contribution in [1.29, 1.82) is 0 Å². The number of nitrogens with one attached hydrogen (secondary N) is 1. The summed E-state index contributed by atoms with van der Waals surface area (Å²) < 4.78 is 3.16. The van der Waals surface area contributed by atoms with Crippen LogP contribution in [0.4, 0.5) is 5.69 Å². The van der Waals surface area contributed by atoms with E-state index in [4.69, 9.17) is 0 Å². The van der Waals surface area contributed by atoms with Gasteiger partial charge in [0.1, 0.15) is 5.65 Å². The van der Waals surface area contributed by atoms with E-state index >= 15 is 0 Å². The van der Waals surface area contributed by atoms with Gasteiger partial charge >= 0.3 is 0 Å². The maximum Gasteiger partial charge on any atom is 0.137 e. The summed E-state index contributed by atoms with van der Waals surface area (Å²) >= 11 is 3.52. The van der Waals surface area contributed by atoms with E-state index in [1.165, 1.54) is 16.8 Å². The Labute approximate surface area is 126 Å². The molecule has 0 fully saturated rings. The number of pyridine rings is 1. The third-order valence-corrected chi connectivity index (χ3v) is 3.82.